The second-order valence-corrected chi connectivity index (χ2v) is 9.95. The Morgan fingerprint density at radius 2 is 1.91 bits per heavy atom. The molecular formula is C26H37N3O3. The Hall–Kier alpha value is -2.50. The van der Waals surface area contributed by atoms with Crippen LogP contribution in [0.25, 0.3) is 0 Å². The highest BCUT2D eigenvalue weighted by molar-refractivity contribution is 6.00. The number of fused-ring (bicyclic) bond motifs is 1. The number of benzene rings is 1. The number of carbonyl (C=O) groups excluding carboxylic acids is 1. The van der Waals surface area contributed by atoms with Crippen molar-refractivity contribution in [1.29, 1.82) is 0 Å². The summed E-state index contributed by atoms with van der Waals surface area (Å²) in [7, 11) is 3.28. The van der Waals surface area contributed by atoms with Crippen molar-refractivity contribution in [2.45, 2.75) is 83.2 Å². The molecule has 4 rings (SSSR count). The molecule has 1 aliphatic heterocycles. The number of nitrogens with one attached hydrogen (secondary N) is 1. The number of hydrogen-bond donors (Lipinski definition) is 1. The maximum Gasteiger partial charge on any atom is 0.168 e. The van der Waals surface area contributed by atoms with E-state index in [0.29, 0.717) is 18.4 Å². The molecule has 0 radical (unpaired) electrons. The summed E-state index contributed by atoms with van der Waals surface area (Å²) in [4.78, 5) is 13.1. The van der Waals surface area contributed by atoms with Crippen LogP contribution in [0.2, 0.25) is 0 Å². The van der Waals surface area contributed by atoms with E-state index in [2.05, 4.69) is 24.3 Å². The van der Waals surface area contributed by atoms with Crippen molar-refractivity contribution in [1.82, 2.24) is 9.78 Å². The molecular weight excluding hydrogens is 402 g/mol. The Morgan fingerprint density at radius 1 is 1.16 bits per heavy atom. The van der Waals surface area contributed by atoms with Gasteiger partial charge in [0.1, 0.15) is 5.82 Å². The van der Waals surface area contributed by atoms with Crippen LogP contribution in [0.1, 0.15) is 81.1 Å². The predicted octanol–water partition coefficient (Wildman–Crippen LogP) is 5.61. The molecule has 2 heterocycles. The smallest absolute Gasteiger partial charge is 0.168 e. The molecule has 1 fully saturated rings. The molecule has 1 atom stereocenters. The zero-order valence-corrected chi connectivity index (χ0v) is 19.9. The Morgan fingerprint density at radius 3 is 2.62 bits per heavy atom. The van der Waals surface area contributed by atoms with E-state index in [1.165, 1.54) is 32.1 Å². The topological polar surface area (TPSA) is 65.4 Å². The lowest BCUT2D eigenvalue weighted by Gasteiger charge is -2.42. The van der Waals surface area contributed by atoms with Gasteiger partial charge in [-0.3, -0.25) is 4.79 Å². The number of ketones is 1. The molecule has 0 amide bonds. The predicted molar refractivity (Wildman–Crippen MR) is 127 cm³/mol. The van der Waals surface area contributed by atoms with Crippen LogP contribution in [0.5, 0.6) is 11.5 Å². The number of methoxy groups -OCH3 is 2. The molecule has 0 spiro atoms. The van der Waals surface area contributed by atoms with Crippen molar-refractivity contribution in [2.24, 2.45) is 5.92 Å². The fourth-order valence-corrected chi connectivity index (χ4v) is 5.45. The fourth-order valence-electron chi connectivity index (χ4n) is 5.45. The minimum Gasteiger partial charge on any atom is -0.493 e. The number of nitrogens with zero attached hydrogens (tertiary/aromatic N) is 2. The van der Waals surface area contributed by atoms with E-state index in [-0.39, 0.29) is 11.3 Å². The molecule has 1 aromatic heterocycles. The number of rotatable bonds is 8. The largest absolute Gasteiger partial charge is 0.493 e. The average Bonchev–Trinajstić information content (AvgIpc) is 3.24. The fraction of sp³-hybridized carbons (Fsp3) is 0.615. The lowest BCUT2D eigenvalue weighted by atomic mass is 9.78. The quantitative estimate of drug-likeness (QED) is 0.542. The van der Waals surface area contributed by atoms with E-state index in [4.69, 9.17) is 9.47 Å². The average molecular weight is 440 g/mol. The van der Waals surface area contributed by atoms with Gasteiger partial charge in [-0.25, -0.2) is 4.68 Å². The van der Waals surface area contributed by atoms with Gasteiger partial charge < -0.3 is 14.8 Å². The number of ether oxygens (including phenoxy) is 2. The lowest BCUT2D eigenvalue weighted by molar-refractivity contribution is 0.0980. The Kier molecular flexibility index (Phi) is 6.77. The summed E-state index contributed by atoms with van der Waals surface area (Å²) in [5.41, 5.74) is 1.80. The summed E-state index contributed by atoms with van der Waals surface area (Å²) in [6.45, 7) is 4.48. The molecule has 1 unspecified atom stereocenters. The summed E-state index contributed by atoms with van der Waals surface area (Å²) in [6.07, 6.45) is 11.5. The second kappa shape index (κ2) is 9.55. The SMILES string of the molecule is COc1ccc(CCCC(=O)c2cnn3c2NC(C2CCCCC2)CC3(C)C)cc1OC. The highest BCUT2D eigenvalue weighted by Gasteiger charge is 2.39. The monoisotopic (exact) mass is 439 g/mol. The van der Waals surface area contributed by atoms with Gasteiger partial charge in [0.05, 0.1) is 31.5 Å². The van der Waals surface area contributed by atoms with Crippen LogP contribution >= 0.6 is 0 Å². The normalized spacial score (nSPS) is 20.3. The second-order valence-electron chi connectivity index (χ2n) is 9.95. The van der Waals surface area contributed by atoms with Gasteiger partial charge in [-0.1, -0.05) is 25.3 Å². The highest BCUT2D eigenvalue weighted by Crippen LogP contribution is 2.40. The van der Waals surface area contributed by atoms with Crippen LogP contribution < -0.4 is 14.8 Å². The molecule has 2 aromatic rings. The molecule has 174 valence electrons. The van der Waals surface area contributed by atoms with Crippen molar-refractivity contribution in [3.63, 3.8) is 0 Å². The first kappa shape index (κ1) is 22.7. The molecule has 6 nitrogen and oxygen atoms in total. The number of aromatic nitrogens is 2. The van der Waals surface area contributed by atoms with Gasteiger partial charge in [0.15, 0.2) is 17.3 Å². The third-order valence-corrected chi connectivity index (χ3v) is 7.22. The van der Waals surface area contributed by atoms with Gasteiger partial charge in [0, 0.05) is 12.5 Å². The minimum atomic E-state index is -0.0825. The van der Waals surface area contributed by atoms with E-state index in [0.717, 1.165) is 47.7 Å². The first-order chi connectivity index (χ1) is 15.4. The van der Waals surface area contributed by atoms with Gasteiger partial charge in [-0.2, -0.15) is 5.10 Å². The maximum atomic E-state index is 13.1. The Balaban J connectivity index is 1.42. The molecule has 1 aliphatic carbocycles. The molecule has 0 saturated heterocycles. The van der Waals surface area contributed by atoms with Crippen LogP contribution in [0.15, 0.2) is 24.4 Å². The molecule has 1 saturated carbocycles. The van der Waals surface area contributed by atoms with Gasteiger partial charge in [0.2, 0.25) is 0 Å². The van der Waals surface area contributed by atoms with Crippen LogP contribution in [0, 0.1) is 5.92 Å². The summed E-state index contributed by atoms with van der Waals surface area (Å²) < 4.78 is 12.7. The van der Waals surface area contributed by atoms with E-state index >= 15 is 0 Å². The number of aryl methyl sites for hydroxylation is 1. The number of Topliss-reactive ketones (excluding diaryl/α,β-unsaturated/α-hetero) is 1. The van der Waals surface area contributed by atoms with Crippen molar-refractivity contribution in [2.75, 3.05) is 19.5 Å². The van der Waals surface area contributed by atoms with Gasteiger partial charge in [0.25, 0.3) is 0 Å². The molecule has 1 N–H and O–H groups in total. The number of anilines is 1. The lowest BCUT2D eigenvalue weighted by Crippen LogP contribution is -2.45. The van der Waals surface area contributed by atoms with Crippen molar-refractivity contribution in [3.05, 3.63) is 35.5 Å². The zero-order chi connectivity index (χ0) is 22.7. The van der Waals surface area contributed by atoms with E-state index in [9.17, 15) is 4.79 Å². The summed E-state index contributed by atoms with van der Waals surface area (Å²) in [6, 6.07) is 6.37. The maximum absolute atomic E-state index is 13.1. The highest BCUT2D eigenvalue weighted by atomic mass is 16.5. The first-order valence-corrected chi connectivity index (χ1v) is 12.0. The molecule has 32 heavy (non-hydrogen) atoms. The molecule has 1 aromatic carbocycles. The third-order valence-electron chi connectivity index (χ3n) is 7.22. The third kappa shape index (κ3) is 4.64. The summed E-state index contributed by atoms with van der Waals surface area (Å²) in [5.74, 6) is 3.23. The van der Waals surface area contributed by atoms with Crippen molar-refractivity contribution >= 4 is 11.6 Å². The number of hydrogen-bond acceptors (Lipinski definition) is 5. The van der Waals surface area contributed by atoms with Crippen molar-refractivity contribution < 1.29 is 14.3 Å². The Bertz CT molecular complexity index is 944. The molecule has 2 aliphatic rings. The van der Waals surface area contributed by atoms with Crippen LogP contribution in [0.3, 0.4) is 0 Å². The zero-order valence-electron chi connectivity index (χ0n) is 19.9. The minimum absolute atomic E-state index is 0.0825. The standard InChI is InChI=1S/C26H37N3O3/c1-26(2)16-21(19-10-6-5-7-11-19)28-25-20(17-27-29(25)26)22(30)12-8-9-18-13-14-23(31-3)24(15-18)32-4/h13-15,17,19,21,28H,5-12,16H2,1-4H3. The number of carbonyl (C=O) groups is 1. The summed E-state index contributed by atoms with van der Waals surface area (Å²) in [5, 5.41) is 8.36. The van der Waals surface area contributed by atoms with Gasteiger partial charge >= 0.3 is 0 Å². The van der Waals surface area contributed by atoms with Crippen molar-refractivity contribution in [3.8, 4) is 11.5 Å². The van der Waals surface area contributed by atoms with E-state index in [1.54, 1.807) is 20.4 Å². The first-order valence-electron chi connectivity index (χ1n) is 12.0. The summed E-state index contributed by atoms with van der Waals surface area (Å²) >= 11 is 0. The Labute approximate surface area is 191 Å². The molecule has 6 heteroatoms. The van der Waals surface area contributed by atoms with E-state index < -0.39 is 0 Å². The van der Waals surface area contributed by atoms with Crippen LogP contribution in [0.4, 0.5) is 5.82 Å². The van der Waals surface area contributed by atoms with Gasteiger partial charge in [-0.15, -0.1) is 0 Å². The van der Waals surface area contributed by atoms with E-state index in [1.807, 2.05) is 22.9 Å². The van der Waals surface area contributed by atoms with Crippen LogP contribution in [-0.4, -0.2) is 35.8 Å². The van der Waals surface area contributed by atoms with Gasteiger partial charge in [-0.05, 0) is 69.6 Å². The van der Waals surface area contributed by atoms with Crippen LogP contribution in [-0.2, 0) is 12.0 Å². The molecule has 0 bridgehead atoms.